The normalized spacial score (nSPS) is 21.8. The highest BCUT2D eigenvalue weighted by Crippen LogP contribution is 2.63. The molecule has 1 spiro atoms. The third kappa shape index (κ3) is 2.08. The van der Waals surface area contributed by atoms with Gasteiger partial charge in [-0.25, -0.2) is 0 Å². The molecule has 2 aliphatic rings. The van der Waals surface area contributed by atoms with Gasteiger partial charge in [0.1, 0.15) is 0 Å². The molecule has 1 aromatic carbocycles. The highest BCUT2D eigenvalue weighted by Gasteiger charge is 2.60. The summed E-state index contributed by atoms with van der Waals surface area (Å²) in [6.45, 7) is 0. The zero-order valence-electron chi connectivity index (χ0n) is 12.6. The van der Waals surface area contributed by atoms with E-state index < -0.39 is 11.4 Å². The van der Waals surface area contributed by atoms with E-state index in [9.17, 15) is 9.90 Å². The lowest BCUT2D eigenvalue weighted by Crippen LogP contribution is -2.53. The van der Waals surface area contributed by atoms with E-state index in [-0.39, 0.29) is 5.41 Å². The topological polar surface area (TPSA) is 55.8 Å². The van der Waals surface area contributed by atoms with Crippen molar-refractivity contribution in [2.75, 3.05) is 14.2 Å². The molecule has 0 heterocycles. The summed E-state index contributed by atoms with van der Waals surface area (Å²) >= 11 is 0. The van der Waals surface area contributed by atoms with E-state index in [0.29, 0.717) is 11.5 Å². The van der Waals surface area contributed by atoms with Crippen LogP contribution >= 0.6 is 0 Å². The van der Waals surface area contributed by atoms with Gasteiger partial charge in [0.05, 0.1) is 19.6 Å². The van der Waals surface area contributed by atoms with Crippen molar-refractivity contribution in [2.24, 2.45) is 5.41 Å². The molecule has 2 fully saturated rings. The maximum absolute atomic E-state index is 11.9. The molecular formula is C17H22O4. The largest absolute Gasteiger partial charge is 0.493 e. The van der Waals surface area contributed by atoms with Gasteiger partial charge >= 0.3 is 5.97 Å². The van der Waals surface area contributed by atoms with Gasteiger partial charge in [-0.1, -0.05) is 18.9 Å². The number of aliphatic carboxylic acids is 1. The SMILES string of the molecule is COc1ccc(C2(C(=O)O)CC3(CCCC3)C2)cc1OC. The molecule has 4 nitrogen and oxygen atoms in total. The zero-order chi connectivity index (χ0) is 15.1. The Morgan fingerprint density at radius 1 is 1.10 bits per heavy atom. The molecular weight excluding hydrogens is 268 g/mol. The summed E-state index contributed by atoms with van der Waals surface area (Å²) in [5.41, 5.74) is 0.361. The number of carboxylic acids is 1. The van der Waals surface area contributed by atoms with Crippen molar-refractivity contribution in [1.82, 2.24) is 0 Å². The van der Waals surface area contributed by atoms with Crippen LogP contribution in [0, 0.1) is 5.41 Å². The molecule has 0 unspecified atom stereocenters. The van der Waals surface area contributed by atoms with Crippen molar-refractivity contribution in [3.05, 3.63) is 23.8 Å². The summed E-state index contributed by atoms with van der Waals surface area (Å²) in [6.07, 6.45) is 6.34. The lowest BCUT2D eigenvalue weighted by Gasteiger charge is -2.52. The number of methoxy groups -OCH3 is 2. The molecule has 0 atom stereocenters. The third-order valence-corrected chi connectivity index (χ3v) is 5.36. The number of hydrogen-bond donors (Lipinski definition) is 1. The lowest BCUT2D eigenvalue weighted by molar-refractivity contribution is -0.154. The second kappa shape index (κ2) is 4.93. The van der Waals surface area contributed by atoms with Gasteiger partial charge in [0.15, 0.2) is 11.5 Å². The number of hydrogen-bond acceptors (Lipinski definition) is 3. The van der Waals surface area contributed by atoms with Gasteiger partial charge in [-0.2, -0.15) is 0 Å². The fraction of sp³-hybridized carbons (Fsp3) is 0.588. The Bertz CT molecular complexity index is 550. The highest BCUT2D eigenvalue weighted by molar-refractivity contribution is 5.83. The number of ether oxygens (including phenoxy) is 2. The fourth-order valence-electron chi connectivity index (χ4n) is 4.32. The van der Waals surface area contributed by atoms with Crippen LogP contribution in [0.3, 0.4) is 0 Å². The smallest absolute Gasteiger partial charge is 0.314 e. The van der Waals surface area contributed by atoms with E-state index in [1.165, 1.54) is 25.7 Å². The number of rotatable bonds is 4. The second-order valence-corrected chi connectivity index (χ2v) is 6.52. The van der Waals surface area contributed by atoms with Crippen molar-refractivity contribution in [3.63, 3.8) is 0 Å². The summed E-state index contributed by atoms with van der Waals surface area (Å²) in [6, 6.07) is 5.50. The average molecular weight is 290 g/mol. The van der Waals surface area contributed by atoms with E-state index in [0.717, 1.165) is 18.4 Å². The molecule has 2 aliphatic carbocycles. The summed E-state index contributed by atoms with van der Waals surface area (Å²) < 4.78 is 10.6. The minimum absolute atomic E-state index is 0.269. The van der Waals surface area contributed by atoms with Gasteiger partial charge in [0.2, 0.25) is 0 Å². The van der Waals surface area contributed by atoms with E-state index in [1.54, 1.807) is 20.3 Å². The van der Waals surface area contributed by atoms with Crippen molar-refractivity contribution in [1.29, 1.82) is 0 Å². The standard InChI is InChI=1S/C17H22O4/c1-20-13-6-5-12(9-14(13)21-2)17(15(18)19)10-16(11-17)7-3-4-8-16/h5-6,9H,3-4,7-8,10-11H2,1-2H3,(H,18,19). The highest BCUT2D eigenvalue weighted by atomic mass is 16.5. The predicted molar refractivity (Wildman–Crippen MR) is 79.0 cm³/mol. The first-order chi connectivity index (χ1) is 10.1. The molecule has 1 N–H and O–H groups in total. The minimum atomic E-state index is -0.746. The molecule has 3 rings (SSSR count). The lowest BCUT2D eigenvalue weighted by atomic mass is 9.49. The first kappa shape index (κ1) is 14.2. The van der Waals surface area contributed by atoms with Crippen LogP contribution < -0.4 is 9.47 Å². The minimum Gasteiger partial charge on any atom is -0.493 e. The molecule has 21 heavy (non-hydrogen) atoms. The summed E-state index contributed by atoms with van der Waals surface area (Å²) in [4.78, 5) is 11.9. The van der Waals surface area contributed by atoms with Crippen molar-refractivity contribution in [3.8, 4) is 11.5 Å². The van der Waals surface area contributed by atoms with Gasteiger partial charge in [0.25, 0.3) is 0 Å². The Morgan fingerprint density at radius 3 is 2.24 bits per heavy atom. The Kier molecular flexibility index (Phi) is 3.34. The number of carbonyl (C=O) groups is 1. The molecule has 1 aromatic rings. The number of carboxylic acid groups (broad SMARTS) is 1. The van der Waals surface area contributed by atoms with E-state index in [4.69, 9.17) is 9.47 Å². The van der Waals surface area contributed by atoms with Crippen LogP contribution in [0.5, 0.6) is 11.5 Å². The molecule has 2 saturated carbocycles. The summed E-state index contributed by atoms with van der Waals surface area (Å²) in [7, 11) is 3.16. The Labute approximate surface area is 125 Å². The maximum atomic E-state index is 11.9. The molecule has 0 radical (unpaired) electrons. The second-order valence-electron chi connectivity index (χ2n) is 6.52. The van der Waals surface area contributed by atoms with Crippen LogP contribution in [0.15, 0.2) is 18.2 Å². The monoisotopic (exact) mass is 290 g/mol. The first-order valence-electron chi connectivity index (χ1n) is 7.51. The van der Waals surface area contributed by atoms with Crippen molar-refractivity contribution in [2.45, 2.75) is 43.9 Å². The van der Waals surface area contributed by atoms with Gasteiger partial charge in [-0.3, -0.25) is 4.79 Å². The van der Waals surface area contributed by atoms with Crippen LogP contribution in [0.4, 0.5) is 0 Å². The van der Waals surface area contributed by atoms with Crippen molar-refractivity contribution >= 4 is 5.97 Å². The predicted octanol–water partition coefficient (Wildman–Crippen LogP) is 3.38. The van der Waals surface area contributed by atoms with Crippen LogP contribution in [0.25, 0.3) is 0 Å². The Hall–Kier alpha value is -1.71. The van der Waals surface area contributed by atoms with E-state index >= 15 is 0 Å². The Balaban J connectivity index is 1.94. The van der Waals surface area contributed by atoms with E-state index in [2.05, 4.69) is 0 Å². The fourth-order valence-corrected chi connectivity index (χ4v) is 4.32. The molecule has 0 aliphatic heterocycles. The molecule has 0 saturated heterocycles. The van der Waals surface area contributed by atoms with E-state index in [1.807, 2.05) is 12.1 Å². The first-order valence-corrected chi connectivity index (χ1v) is 7.51. The Morgan fingerprint density at radius 2 is 1.71 bits per heavy atom. The van der Waals surface area contributed by atoms with Gasteiger partial charge in [-0.15, -0.1) is 0 Å². The molecule has 114 valence electrons. The molecule has 0 amide bonds. The van der Waals surface area contributed by atoms with Gasteiger partial charge in [0, 0.05) is 0 Å². The summed E-state index contributed by atoms with van der Waals surface area (Å²) in [5, 5.41) is 9.80. The quantitative estimate of drug-likeness (QED) is 0.923. The van der Waals surface area contributed by atoms with Crippen LogP contribution in [-0.2, 0) is 10.2 Å². The van der Waals surface area contributed by atoms with Crippen LogP contribution in [0.2, 0.25) is 0 Å². The summed E-state index contributed by atoms with van der Waals surface area (Å²) in [5.74, 6) is 0.520. The average Bonchev–Trinajstić information content (AvgIpc) is 2.93. The van der Waals surface area contributed by atoms with Gasteiger partial charge in [-0.05, 0) is 48.8 Å². The van der Waals surface area contributed by atoms with Crippen molar-refractivity contribution < 1.29 is 19.4 Å². The molecule has 0 bridgehead atoms. The zero-order valence-corrected chi connectivity index (χ0v) is 12.6. The molecule has 0 aromatic heterocycles. The maximum Gasteiger partial charge on any atom is 0.314 e. The third-order valence-electron chi connectivity index (χ3n) is 5.36. The number of benzene rings is 1. The van der Waals surface area contributed by atoms with Crippen LogP contribution in [0.1, 0.15) is 44.1 Å². The van der Waals surface area contributed by atoms with Crippen LogP contribution in [-0.4, -0.2) is 25.3 Å². The molecule has 4 heteroatoms. The van der Waals surface area contributed by atoms with Gasteiger partial charge < -0.3 is 14.6 Å².